The van der Waals surface area contributed by atoms with E-state index in [2.05, 4.69) is 10.5 Å². The minimum atomic E-state index is -0.00850. The summed E-state index contributed by atoms with van der Waals surface area (Å²) in [6.07, 6.45) is 4.81. The van der Waals surface area contributed by atoms with Crippen LogP contribution in [0.5, 0.6) is 0 Å². The molecule has 0 atom stereocenters. The fourth-order valence-corrected chi connectivity index (χ4v) is 2.26. The Labute approximate surface area is 113 Å². The number of amides is 1. The van der Waals surface area contributed by atoms with Gasteiger partial charge < -0.3 is 14.7 Å². The number of likely N-dealkylation sites (tertiary alicyclic amines) is 1. The zero-order valence-electron chi connectivity index (χ0n) is 10.6. The molecule has 2 rings (SSSR count). The van der Waals surface area contributed by atoms with Crippen molar-refractivity contribution in [2.75, 3.05) is 26.7 Å². The summed E-state index contributed by atoms with van der Waals surface area (Å²) < 4.78 is 4.69. The van der Waals surface area contributed by atoms with Gasteiger partial charge in [0, 0.05) is 19.2 Å². The zero-order chi connectivity index (χ0) is 12.1. The van der Waals surface area contributed by atoms with Gasteiger partial charge >= 0.3 is 0 Å². The average molecular weight is 274 g/mol. The number of rotatable bonds is 4. The van der Waals surface area contributed by atoms with Gasteiger partial charge in [0.25, 0.3) is 5.91 Å². The molecule has 0 spiro atoms. The van der Waals surface area contributed by atoms with E-state index < -0.39 is 0 Å². The monoisotopic (exact) mass is 273 g/mol. The Hall–Kier alpha value is -1.07. The van der Waals surface area contributed by atoms with Crippen molar-refractivity contribution in [3.8, 4) is 0 Å². The second-order valence-corrected chi connectivity index (χ2v) is 4.51. The highest BCUT2D eigenvalue weighted by atomic mass is 35.5. The van der Waals surface area contributed by atoms with Gasteiger partial charge in [-0.2, -0.15) is 0 Å². The van der Waals surface area contributed by atoms with Crippen molar-refractivity contribution in [1.82, 2.24) is 15.4 Å². The van der Waals surface area contributed by atoms with Crippen molar-refractivity contribution in [3.05, 3.63) is 18.0 Å². The van der Waals surface area contributed by atoms with Crippen LogP contribution in [0.2, 0.25) is 0 Å². The molecule has 102 valence electrons. The number of carbonyl (C=O) groups excluding carboxylic acids is 1. The van der Waals surface area contributed by atoms with E-state index >= 15 is 0 Å². The highest BCUT2D eigenvalue weighted by Crippen LogP contribution is 2.21. The number of aromatic nitrogens is 1. The van der Waals surface area contributed by atoms with Crippen LogP contribution in [0.25, 0.3) is 0 Å². The van der Waals surface area contributed by atoms with Crippen molar-refractivity contribution < 1.29 is 9.32 Å². The molecular weight excluding hydrogens is 254 g/mol. The van der Waals surface area contributed by atoms with Crippen LogP contribution in [0, 0.1) is 5.92 Å². The van der Waals surface area contributed by atoms with Gasteiger partial charge in [-0.25, -0.2) is 0 Å². The molecule has 1 amide bonds. The molecule has 1 fully saturated rings. The number of carbonyl (C=O) groups is 1. The summed E-state index contributed by atoms with van der Waals surface area (Å²) >= 11 is 0. The molecule has 1 aromatic rings. The maximum atomic E-state index is 12.0. The lowest BCUT2D eigenvalue weighted by Gasteiger charge is -2.31. The van der Waals surface area contributed by atoms with Crippen LogP contribution in [0.4, 0.5) is 0 Å². The van der Waals surface area contributed by atoms with Crippen molar-refractivity contribution in [3.63, 3.8) is 0 Å². The Balaban J connectivity index is 0.00000162. The first-order chi connectivity index (χ1) is 8.31. The van der Waals surface area contributed by atoms with Crippen molar-refractivity contribution in [2.24, 2.45) is 5.92 Å². The molecule has 0 aliphatic carbocycles. The lowest BCUT2D eigenvalue weighted by atomic mass is 9.93. The van der Waals surface area contributed by atoms with Crippen LogP contribution in [0.1, 0.15) is 29.8 Å². The fourth-order valence-electron chi connectivity index (χ4n) is 2.26. The van der Waals surface area contributed by atoms with E-state index in [4.69, 9.17) is 4.52 Å². The van der Waals surface area contributed by atoms with Gasteiger partial charge in [-0.3, -0.25) is 4.79 Å². The number of hydrogen-bond acceptors (Lipinski definition) is 4. The van der Waals surface area contributed by atoms with Crippen molar-refractivity contribution in [2.45, 2.75) is 19.3 Å². The minimum absolute atomic E-state index is 0. The number of nitrogens with one attached hydrogen (secondary N) is 1. The highest BCUT2D eigenvalue weighted by molar-refractivity contribution is 5.92. The van der Waals surface area contributed by atoms with Gasteiger partial charge in [0.2, 0.25) is 0 Å². The van der Waals surface area contributed by atoms with Gasteiger partial charge in [-0.05, 0) is 38.8 Å². The second kappa shape index (κ2) is 7.38. The lowest BCUT2D eigenvalue weighted by Crippen LogP contribution is -2.39. The standard InChI is InChI=1S/C12H19N3O2.ClH/c1-13-6-2-10-3-7-15(8-4-10)12(16)11-5-9-17-14-11;/h5,9-10,13H,2-4,6-8H2,1H3;1H. The molecule has 0 radical (unpaired) electrons. The normalized spacial score (nSPS) is 16.4. The summed E-state index contributed by atoms with van der Waals surface area (Å²) in [4.78, 5) is 13.8. The Morgan fingerprint density at radius 3 is 2.83 bits per heavy atom. The van der Waals surface area contributed by atoms with Crippen LogP contribution < -0.4 is 5.32 Å². The zero-order valence-corrected chi connectivity index (χ0v) is 11.4. The highest BCUT2D eigenvalue weighted by Gasteiger charge is 2.24. The van der Waals surface area contributed by atoms with Gasteiger partial charge in [-0.1, -0.05) is 5.16 Å². The molecule has 1 aromatic heterocycles. The molecule has 18 heavy (non-hydrogen) atoms. The van der Waals surface area contributed by atoms with Crippen LogP contribution >= 0.6 is 12.4 Å². The molecule has 1 saturated heterocycles. The number of nitrogens with zero attached hydrogens (tertiary/aromatic N) is 2. The minimum Gasteiger partial charge on any atom is -0.364 e. The van der Waals surface area contributed by atoms with Crippen molar-refractivity contribution >= 4 is 18.3 Å². The van der Waals surface area contributed by atoms with Crippen LogP contribution in [0.15, 0.2) is 16.9 Å². The van der Waals surface area contributed by atoms with Crippen LogP contribution in [-0.2, 0) is 0 Å². The maximum absolute atomic E-state index is 12.0. The Morgan fingerprint density at radius 2 is 2.28 bits per heavy atom. The molecule has 2 heterocycles. The third-order valence-electron chi connectivity index (χ3n) is 3.36. The van der Waals surface area contributed by atoms with Crippen LogP contribution in [0.3, 0.4) is 0 Å². The first kappa shape index (κ1) is 15.0. The van der Waals surface area contributed by atoms with E-state index in [1.54, 1.807) is 6.07 Å². The summed E-state index contributed by atoms with van der Waals surface area (Å²) in [6, 6.07) is 1.62. The predicted molar refractivity (Wildman–Crippen MR) is 70.9 cm³/mol. The van der Waals surface area contributed by atoms with Crippen LogP contribution in [-0.4, -0.2) is 42.6 Å². The number of piperidine rings is 1. The van der Waals surface area contributed by atoms with Gasteiger partial charge in [0.1, 0.15) is 6.26 Å². The Bertz CT molecular complexity index is 348. The maximum Gasteiger partial charge on any atom is 0.276 e. The molecule has 5 nitrogen and oxygen atoms in total. The van der Waals surface area contributed by atoms with Gasteiger partial charge in [0.15, 0.2) is 5.69 Å². The molecule has 0 unspecified atom stereocenters. The van der Waals surface area contributed by atoms with Gasteiger partial charge in [0.05, 0.1) is 0 Å². The topological polar surface area (TPSA) is 58.4 Å². The van der Waals surface area contributed by atoms with E-state index in [-0.39, 0.29) is 18.3 Å². The summed E-state index contributed by atoms with van der Waals surface area (Å²) in [5.74, 6) is 0.731. The number of hydrogen-bond donors (Lipinski definition) is 1. The van der Waals surface area contributed by atoms with E-state index in [0.717, 1.165) is 38.4 Å². The summed E-state index contributed by atoms with van der Waals surface area (Å²) in [5.41, 5.74) is 0.415. The smallest absolute Gasteiger partial charge is 0.276 e. The third kappa shape index (κ3) is 3.71. The van der Waals surface area contributed by atoms with E-state index in [1.807, 2.05) is 11.9 Å². The van der Waals surface area contributed by atoms with Gasteiger partial charge in [-0.15, -0.1) is 12.4 Å². The first-order valence-corrected chi connectivity index (χ1v) is 6.15. The molecule has 6 heteroatoms. The van der Waals surface area contributed by atoms with E-state index in [0.29, 0.717) is 5.69 Å². The molecule has 0 bridgehead atoms. The second-order valence-electron chi connectivity index (χ2n) is 4.51. The Morgan fingerprint density at radius 1 is 1.56 bits per heavy atom. The molecule has 0 saturated carbocycles. The van der Waals surface area contributed by atoms with Crippen molar-refractivity contribution in [1.29, 1.82) is 0 Å². The molecule has 1 aliphatic heterocycles. The fraction of sp³-hybridized carbons (Fsp3) is 0.667. The summed E-state index contributed by atoms with van der Waals surface area (Å²) in [6.45, 7) is 2.72. The molecule has 1 aliphatic rings. The average Bonchev–Trinajstić information content (AvgIpc) is 2.90. The molecule has 1 N–H and O–H groups in total. The summed E-state index contributed by atoms with van der Waals surface area (Å²) in [7, 11) is 1.98. The number of halogens is 1. The molecular formula is C12H20ClN3O2. The molecule has 0 aromatic carbocycles. The SMILES string of the molecule is CNCCC1CCN(C(=O)c2ccon2)CC1.Cl. The largest absolute Gasteiger partial charge is 0.364 e. The predicted octanol–water partition coefficient (Wildman–Crippen LogP) is 1.56. The van der Waals surface area contributed by atoms with E-state index in [1.165, 1.54) is 12.7 Å². The first-order valence-electron chi connectivity index (χ1n) is 6.15. The lowest BCUT2D eigenvalue weighted by molar-refractivity contribution is 0.0676. The van der Waals surface area contributed by atoms with E-state index in [9.17, 15) is 4.79 Å². The quantitative estimate of drug-likeness (QED) is 0.904. The summed E-state index contributed by atoms with van der Waals surface area (Å²) in [5, 5.41) is 6.85. The Kier molecular flexibility index (Phi) is 6.15. The third-order valence-corrected chi connectivity index (χ3v) is 3.36.